The second kappa shape index (κ2) is 12.9. The van der Waals surface area contributed by atoms with E-state index in [4.69, 9.17) is 11.6 Å². The Morgan fingerprint density at radius 2 is 1.70 bits per heavy atom. The van der Waals surface area contributed by atoms with Gasteiger partial charge in [0.25, 0.3) is 5.91 Å². The number of benzene rings is 2. The molecule has 1 aromatic heterocycles. The minimum atomic E-state index is -0.316. The van der Waals surface area contributed by atoms with Gasteiger partial charge in [-0.25, -0.2) is 4.98 Å². The fourth-order valence-electron chi connectivity index (χ4n) is 4.08. The number of carbonyl (C=O) groups is 3. The molecule has 0 aliphatic carbocycles. The largest absolute Gasteiger partial charge is 0.368 e. The Morgan fingerprint density at radius 1 is 1.00 bits per heavy atom. The van der Waals surface area contributed by atoms with Crippen LogP contribution in [0.3, 0.4) is 0 Å². The average molecular weight is 563 g/mol. The van der Waals surface area contributed by atoms with Crippen LogP contribution >= 0.6 is 11.6 Å². The molecule has 208 valence electrons. The van der Waals surface area contributed by atoms with Gasteiger partial charge >= 0.3 is 0 Å². The summed E-state index contributed by atoms with van der Waals surface area (Å²) < 4.78 is 0. The predicted molar refractivity (Wildman–Crippen MR) is 156 cm³/mol. The first-order valence-electron chi connectivity index (χ1n) is 12.7. The molecule has 4 rings (SSSR count). The summed E-state index contributed by atoms with van der Waals surface area (Å²) in [7, 11) is 1.57. The molecule has 2 heterocycles. The third-order valence-corrected chi connectivity index (χ3v) is 6.58. The zero-order valence-electron chi connectivity index (χ0n) is 22.3. The molecule has 3 aromatic rings. The number of halogens is 1. The van der Waals surface area contributed by atoms with Crippen molar-refractivity contribution >= 4 is 58.2 Å². The smallest absolute Gasteiger partial charge is 0.253 e. The standard InChI is InChI=1S/C28H31ClN8O3/c1-18(2)26(39)31-17-24(38)37-14-12-36(13-15-37)20-10-8-19(9-11-20)33-28-32-16-22(29)25(35-28)34-23-7-5-4-6-21(23)27(40)30-3/h4-11,16H,1,12-15,17H2,2-3H3,(H,30,40)(H,31,39)(H2,32,33,34,35). The summed E-state index contributed by atoms with van der Waals surface area (Å²) in [6.07, 6.45) is 1.49. The number of hydrogen-bond donors (Lipinski definition) is 4. The fraction of sp³-hybridized carbons (Fsp3) is 0.250. The molecule has 40 heavy (non-hydrogen) atoms. The maximum Gasteiger partial charge on any atom is 0.253 e. The van der Waals surface area contributed by atoms with E-state index in [9.17, 15) is 14.4 Å². The van der Waals surface area contributed by atoms with Gasteiger partial charge in [-0.05, 0) is 43.3 Å². The van der Waals surface area contributed by atoms with Crippen LogP contribution in [-0.4, -0.2) is 72.4 Å². The van der Waals surface area contributed by atoms with Crippen LogP contribution in [0.2, 0.25) is 5.02 Å². The minimum absolute atomic E-state index is 0.0311. The van der Waals surface area contributed by atoms with Crippen LogP contribution in [0.1, 0.15) is 17.3 Å². The van der Waals surface area contributed by atoms with Crippen molar-refractivity contribution in [3.63, 3.8) is 0 Å². The highest BCUT2D eigenvalue weighted by atomic mass is 35.5. The van der Waals surface area contributed by atoms with Crippen LogP contribution < -0.4 is 26.2 Å². The number of hydrogen-bond acceptors (Lipinski definition) is 8. The molecular weight excluding hydrogens is 532 g/mol. The van der Waals surface area contributed by atoms with Crippen molar-refractivity contribution in [1.82, 2.24) is 25.5 Å². The molecule has 12 heteroatoms. The van der Waals surface area contributed by atoms with E-state index >= 15 is 0 Å². The topological polar surface area (TPSA) is 132 Å². The van der Waals surface area contributed by atoms with Gasteiger partial charge in [0.2, 0.25) is 17.8 Å². The minimum Gasteiger partial charge on any atom is -0.368 e. The third-order valence-electron chi connectivity index (χ3n) is 6.30. The van der Waals surface area contributed by atoms with Crippen molar-refractivity contribution in [2.45, 2.75) is 6.92 Å². The molecule has 0 atom stereocenters. The second-order valence-electron chi connectivity index (χ2n) is 9.14. The van der Waals surface area contributed by atoms with E-state index in [1.54, 1.807) is 37.1 Å². The van der Waals surface area contributed by atoms with Gasteiger partial charge in [0.05, 0.1) is 24.0 Å². The number of anilines is 5. The molecule has 1 aliphatic rings. The Labute approximate surface area is 237 Å². The third kappa shape index (κ3) is 7.06. The lowest BCUT2D eigenvalue weighted by Crippen LogP contribution is -2.51. The first kappa shape index (κ1) is 28.4. The molecule has 1 saturated heterocycles. The van der Waals surface area contributed by atoms with Crippen LogP contribution in [0.5, 0.6) is 0 Å². The maximum absolute atomic E-state index is 12.4. The number of piperazine rings is 1. The molecule has 0 unspecified atom stereocenters. The van der Waals surface area contributed by atoms with Crippen molar-refractivity contribution in [3.05, 3.63) is 77.5 Å². The molecule has 1 fully saturated rings. The van der Waals surface area contributed by atoms with Gasteiger partial charge in [0.1, 0.15) is 5.02 Å². The van der Waals surface area contributed by atoms with Gasteiger partial charge in [-0.15, -0.1) is 0 Å². The van der Waals surface area contributed by atoms with Gasteiger partial charge in [0.15, 0.2) is 5.82 Å². The summed E-state index contributed by atoms with van der Waals surface area (Å²) in [5, 5.41) is 11.8. The predicted octanol–water partition coefficient (Wildman–Crippen LogP) is 3.32. The van der Waals surface area contributed by atoms with Crippen molar-refractivity contribution < 1.29 is 14.4 Å². The molecule has 11 nitrogen and oxygen atoms in total. The number of nitrogens with zero attached hydrogens (tertiary/aromatic N) is 4. The number of nitrogens with one attached hydrogen (secondary N) is 4. The quantitative estimate of drug-likeness (QED) is 0.292. The van der Waals surface area contributed by atoms with E-state index in [1.807, 2.05) is 30.3 Å². The Balaban J connectivity index is 1.35. The lowest BCUT2D eigenvalue weighted by atomic mass is 10.1. The van der Waals surface area contributed by atoms with E-state index in [1.165, 1.54) is 6.20 Å². The highest BCUT2D eigenvalue weighted by Crippen LogP contribution is 2.27. The highest BCUT2D eigenvalue weighted by molar-refractivity contribution is 6.33. The Kier molecular flexibility index (Phi) is 9.18. The van der Waals surface area contributed by atoms with E-state index in [0.717, 1.165) is 11.4 Å². The SMILES string of the molecule is C=C(C)C(=O)NCC(=O)N1CCN(c2ccc(Nc3ncc(Cl)c(Nc4ccccc4C(=O)NC)n3)cc2)CC1. The summed E-state index contributed by atoms with van der Waals surface area (Å²) in [5.41, 5.74) is 3.21. The molecule has 3 amide bonds. The lowest BCUT2D eigenvalue weighted by molar-refractivity contribution is -0.132. The molecule has 1 aliphatic heterocycles. The number of carbonyl (C=O) groups excluding carboxylic acids is 3. The van der Waals surface area contributed by atoms with Gasteiger partial charge in [-0.2, -0.15) is 4.98 Å². The normalized spacial score (nSPS) is 12.9. The molecular formula is C28H31ClN8O3. The summed E-state index contributed by atoms with van der Waals surface area (Å²) in [4.78, 5) is 49.0. The molecule has 4 N–H and O–H groups in total. The van der Waals surface area contributed by atoms with Crippen LogP contribution in [0, 0.1) is 0 Å². The Hall–Kier alpha value is -4.64. The van der Waals surface area contributed by atoms with E-state index in [2.05, 4.69) is 42.7 Å². The van der Waals surface area contributed by atoms with Gasteiger partial charge in [-0.3, -0.25) is 14.4 Å². The number of para-hydroxylation sites is 1. The molecule has 0 bridgehead atoms. The zero-order valence-corrected chi connectivity index (χ0v) is 23.1. The summed E-state index contributed by atoms with van der Waals surface area (Å²) >= 11 is 6.33. The first-order chi connectivity index (χ1) is 19.2. The molecule has 2 aromatic carbocycles. The Bertz CT molecular complexity index is 1400. The van der Waals surface area contributed by atoms with Crippen molar-refractivity contribution in [2.24, 2.45) is 0 Å². The fourth-order valence-corrected chi connectivity index (χ4v) is 4.22. The van der Waals surface area contributed by atoms with E-state index < -0.39 is 0 Å². The van der Waals surface area contributed by atoms with E-state index in [0.29, 0.717) is 59.8 Å². The second-order valence-corrected chi connectivity index (χ2v) is 9.55. The van der Waals surface area contributed by atoms with E-state index in [-0.39, 0.29) is 24.3 Å². The average Bonchev–Trinajstić information content (AvgIpc) is 2.97. The highest BCUT2D eigenvalue weighted by Gasteiger charge is 2.21. The van der Waals surface area contributed by atoms with Crippen molar-refractivity contribution in [1.29, 1.82) is 0 Å². The lowest BCUT2D eigenvalue weighted by Gasteiger charge is -2.36. The van der Waals surface area contributed by atoms with Crippen LogP contribution in [0.25, 0.3) is 0 Å². The Morgan fingerprint density at radius 3 is 2.38 bits per heavy atom. The number of amides is 3. The number of rotatable bonds is 9. The zero-order chi connectivity index (χ0) is 28.6. The van der Waals surface area contributed by atoms with Crippen LogP contribution in [-0.2, 0) is 9.59 Å². The molecule has 0 radical (unpaired) electrons. The monoisotopic (exact) mass is 562 g/mol. The van der Waals surface area contributed by atoms with Crippen LogP contribution in [0.15, 0.2) is 66.9 Å². The molecule has 0 spiro atoms. The van der Waals surface area contributed by atoms with Crippen molar-refractivity contribution in [3.8, 4) is 0 Å². The van der Waals surface area contributed by atoms with Crippen molar-refractivity contribution in [2.75, 3.05) is 55.3 Å². The number of aromatic nitrogens is 2. The van der Waals surface area contributed by atoms with Gasteiger partial charge < -0.3 is 31.1 Å². The van der Waals surface area contributed by atoms with Gasteiger partial charge in [0, 0.05) is 50.2 Å². The maximum atomic E-state index is 12.4. The summed E-state index contributed by atoms with van der Waals surface area (Å²) in [6, 6.07) is 14.9. The van der Waals surface area contributed by atoms with Gasteiger partial charge in [-0.1, -0.05) is 30.3 Å². The van der Waals surface area contributed by atoms with Crippen LogP contribution in [0.4, 0.5) is 28.8 Å². The first-order valence-corrected chi connectivity index (χ1v) is 13.1. The summed E-state index contributed by atoms with van der Waals surface area (Å²) in [5.74, 6) is 0.0414. The summed E-state index contributed by atoms with van der Waals surface area (Å²) in [6.45, 7) is 7.65. The molecule has 0 saturated carbocycles.